The number of hydrogen-bond acceptors (Lipinski definition) is 4. The number of nitrogens with zero attached hydrogens (tertiary/aromatic N) is 1. The normalized spacial score (nSPS) is 17.4. The van der Waals surface area contributed by atoms with Crippen LogP contribution in [0, 0.1) is 17.2 Å². The van der Waals surface area contributed by atoms with Crippen LogP contribution in [-0.4, -0.2) is 10.6 Å². The monoisotopic (exact) mass is 349 g/mol. The third-order valence-corrected chi connectivity index (χ3v) is 5.54. The van der Waals surface area contributed by atoms with Crippen molar-refractivity contribution >= 4 is 39.8 Å². The van der Waals surface area contributed by atoms with Crippen LogP contribution in [0.1, 0.15) is 28.6 Å². The van der Waals surface area contributed by atoms with Gasteiger partial charge in [-0.15, -0.1) is 11.3 Å². The first kappa shape index (κ1) is 16.5. The Hall–Kier alpha value is -2.35. The third kappa shape index (κ3) is 3.14. The van der Waals surface area contributed by atoms with Gasteiger partial charge in [0.15, 0.2) is 5.78 Å². The van der Waals surface area contributed by atoms with E-state index >= 15 is 0 Å². The zero-order valence-electron chi connectivity index (χ0n) is 13.2. The van der Waals surface area contributed by atoms with Gasteiger partial charge in [0.05, 0.1) is 10.5 Å². The lowest BCUT2D eigenvalue weighted by Crippen LogP contribution is -2.23. The summed E-state index contributed by atoms with van der Waals surface area (Å²) in [5.41, 5.74) is 3.35. The quantitative estimate of drug-likeness (QED) is 0.559. The van der Waals surface area contributed by atoms with Crippen LogP contribution in [0.5, 0.6) is 0 Å². The minimum atomic E-state index is -0.184. The Bertz CT molecular complexity index is 883. The molecular formula is C20H15NOS2. The van der Waals surface area contributed by atoms with Crippen molar-refractivity contribution in [2.75, 3.05) is 0 Å². The number of thiocarbonyl (C=S) groups is 1. The Morgan fingerprint density at radius 3 is 2.62 bits per heavy atom. The average Bonchev–Trinajstić information content (AvgIpc) is 3.13. The number of hydrogen-bond donors (Lipinski definition) is 0. The van der Waals surface area contributed by atoms with Crippen molar-refractivity contribution in [3.63, 3.8) is 0 Å². The lowest BCUT2D eigenvalue weighted by Gasteiger charge is -2.24. The predicted molar refractivity (Wildman–Crippen MR) is 102 cm³/mol. The molecule has 0 amide bonds. The summed E-state index contributed by atoms with van der Waals surface area (Å²) in [4.78, 5) is 13.7. The highest BCUT2D eigenvalue weighted by molar-refractivity contribution is 7.81. The Morgan fingerprint density at radius 1 is 1.25 bits per heavy atom. The molecule has 1 aromatic heterocycles. The highest BCUT2D eigenvalue weighted by Gasteiger charge is 2.29. The van der Waals surface area contributed by atoms with Crippen LogP contribution < -0.4 is 0 Å². The molecule has 24 heavy (non-hydrogen) atoms. The van der Waals surface area contributed by atoms with Crippen LogP contribution in [0.4, 0.5) is 0 Å². The fourth-order valence-electron chi connectivity index (χ4n) is 2.85. The smallest absolute Gasteiger partial charge is 0.173 e. The van der Waals surface area contributed by atoms with Gasteiger partial charge in [-0.1, -0.05) is 60.3 Å². The Kier molecular flexibility index (Phi) is 4.84. The Morgan fingerprint density at radius 2 is 2.00 bits per heavy atom. The van der Waals surface area contributed by atoms with Crippen LogP contribution in [0.3, 0.4) is 0 Å². The molecule has 1 aliphatic carbocycles. The maximum absolute atomic E-state index is 12.4. The first-order valence-corrected chi connectivity index (χ1v) is 8.89. The van der Waals surface area contributed by atoms with Crippen LogP contribution in [-0.2, 0) is 0 Å². The summed E-state index contributed by atoms with van der Waals surface area (Å²) < 4.78 is 0. The molecule has 0 bridgehead atoms. The van der Waals surface area contributed by atoms with E-state index in [4.69, 9.17) is 12.2 Å². The van der Waals surface area contributed by atoms with E-state index in [9.17, 15) is 10.1 Å². The fourth-order valence-corrected chi connectivity index (χ4v) is 3.95. The summed E-state index contributed by atoms with van der Waals surface area (Å²) in [7, 11) is 0. The number of ketones is 1. The van der Waals surface area contributed by atoms with Crippen molar-refractivity contribution < 1.29 is 4.79 Å². The van der Waals surface area contributed by atoms with Crippen LogP contribution >= 0.6 is 23.6 Å². The number of thiophene rings is 1. The number of carbonyl (C=O) groups is 1. The van der Waals surface area contributed by atoms with E-state index in [2.05, 4.69) is 6.07 Å². The van der Waals surface area contributed by atoms with Crippen molar-refractivity contribution in [2.24, 2.45) is 5.92 Å². The SMILES string of the molecule is CC1=CC(c2ccccc2)=C(C#N)C(=S)[C@@H]1CC(=O)c1cccs1. The van der Waals surface area contributed by atoms with Gasteiger partial charge >= 0.3 is 0 Å². The molecule has 0 aliphatic heterocycles. The second kappa shape index (κ2) is 7.04. The maximum atomic E-state index is 12.4. The molecule has 1 heterocycles. The molecular weight excluding hydrogens is 334 g/mol. The highest BCUT2D eigenvalue weighted by atomic mass is 32.1. The molecule has 118 valence electrons. The van der Waals surface area contributed by atoms with Crippen molar-refractivity contribution in [1.82, 2.24) is 0 Å². The summed E-state index contributed by atoms with van der Waals surface area (Å²) in [5.74, 6) is -0.109. The number of nitriles is 1. The zero-order valence-corrected chi connectivity index (χ0v) is 14.8. The molecule has 1 aliphatic rings. The summed E-state index contributed by atoms with van der Waals surface area (Å²) in [6.07, 6.45) is 2.31. The number of carbonyl (C=O) groups excluding carboxylic acids is 1. The topological polar surface area (TPSA) is 40.9 Å². The lowest BCUT2D eigenvalue weighted by molar-refractivity contribution is 0.0980. The molecule has 0 radical (unpaired) electrons. The number of benzene rings is 1. The van der Waals surface area contributed by atoms with Gasteiger partial charge in [0.25, 0.3) is 0 Å². The van der Waals surface area contributed by atoms with E-state index in [1.54, 1.807) is 0 Å². The van der Waals surface area contributed by atoms with Gasteiger partial charge < -0.3 is 0 Å². The molecule has 0 N–H and O–H groups in total. The van der Waals surface area contributed by atoms with Crippen LogP contribution in [0.2, 0.25) is 0 Å². The van der Waals surface area contributed by atoms with Crippen molar-refractivity contribution in [1.29, 1.82) is 5.26 Å². The van der Waals surface area contributed by atoms with E-state index in [1.165, 1.54) is 11.3 Å². The third-order valence-electron chi connectivity index (χ3n) is 4.14. The number of Topliss-reactive ketones (excluding diaryl/α,β-unsaturated/α-hetero) is 1. The molecule has 0 spiro atoms. The number of rotatable bonds is 4. The predicted octanol–water partition coefficient (Wildman–Crippen LogP) is 5.24. The van der Waals surface area contributed by atoms with Crippen molar-refractivity contribution in [3.8, 4) is 6.07 Å². The Labute approximate surface area is 150 Å². The van der Waals surface area contributed by atoms with E-state index < -0.39 is 0 Å². The largest absolute Gasteiger partial charge is 0.293 e. The van der Waals surface area contributed by atoms with Gasteiger partial charge in [-0.05, 0) is 23.9 Å². The molecule has 0 saturated heterocycles. The van der Waals surface area contributed by atoms with Crippen LogP contribution in [0.25, 0.3) is 5.57 Å². The van der Waals surface area contributed by atoms with Crippen molar-refractivity contribution in [3.05, 3.63) is 75.5 Å². The first-order chi connectivity index (χ1) is 11.6. The molecule has 2 nitrogen and oxygen atoms in total. The fraction of sp³-hybridized carbons (Fsp3) is 0.150. The average molecular weight is 349 g/mol. The van der Waals surface area contributed by atoms with Gasteiger partial charge in [0, 0.05) is 22.8 Å². The van der Waals surface area contributed by atoms with E-state index in [-0.39, 0.29) is 11.7 Å². The lowest BCUT2D eigenvalue weighted by atomic mass is 9.79. The standard InChI is InChI=1S/C20H15NOS2/c1-13-10-16(14-6-3-2-4-7-14)17(12-21)20(23)15(13)11-18(22)19-8-5-9-24-19/h2-10,15H,11H2,1H3/t15-/m1/s1. The van der Waals surface area contributed by atoms with Gasteiger partial charge in [-0.25, -0.2) is 0 Å². The van der Waals surface area contributed by atoms with E-state index in [1.807, 2.05) is 60.8 Å². The first-order valence-electron chi connectivity index (χ1n) is 7.60. The molecule has 0 unspecified atom stereocenters. The molecule has 2 aromatic rings. The number of allylic oxidation sites excluding steroid dienone is 4. The van der Waals surface area contributed by atoms with Crippen LogP contribution in [0.15, 0.2) is 65.1 Å². The van der Waals surface area contributed by atoms with E-state index in [0.29, 0.717) is 16.9 Å². The molecule has 3 rings (SSSR count). The molecule has 0 fully saturated rings. The van der Waals surface area contributed by atoms with Gasteiger partial charge in [-0.2, -0.15) is 5.26 Å². The molecule has 4 heteroatoms. The molecule has 1 aromatic carbocycles. The second-order valence-electron chi connectivity index (χ2n) is 5.68. The zero-order chi connectivity index (χ0) is 17.1. The summed E-state index contributed by atoms with van der Waals surface area (Å²) >= 11 is 7.02. The summed E-state index contributed by atoms with van der Waals surface area (Å²) in [5, 5.41) is 11.5. The molecule has 0 saturated carbocycles. The Balaban J connectivity index is 1.94. The second-order valence-corrected chi connectivity index (χ2v) is 7.06. The highest BCUT2D eigenvalue weighted by Crippen LogP contribution is 2.35. The van der Waals surface area contributed by atoms with E-state index in [0.717, 1.165) is 21.6 Å². The van der Waals surface area contributed by atoms with Gasteiger partial charge in [0.2, 0.25) is 0 Å². The minimum Gasteiger partial charge on any atom is -0.293 e. The molecule has 1 atom stereocenters. The van der Waals surface area contributed by atoms with Crippen molar-refractivity contribution in [2.45, 2.75) is 13.3 Å². The summed E-state index contributed by atoms with van der Waals surface area (Å²) in [6, 6.07) is 15.7. The minimum absolute atomic E-state index is 0.0746. The van der Waals surface area contributed by atoms with Gasteiger partial charge in [0.1, 0.15) is 6.07 Å². The maximum Gasteiger partial charge on any atom is 0.173 e. The summed E-state index contributed by atoms with van der Waals surface area (Å²) in [6.45, 7) is 1.98. The van der Waals surface area contributed by atoms with Gasteiger partial charge in [-0.3, -0.25) is 4.79 Å².